The van der Waals surface area contributed by atoms with Gasteiger partial charge in [-0.25, -0.2) is 4.39 Å². The van der Waals surface area contributed by atoms with E-state index in [0.717, 1.165) is 10.4 Å². The van der Waals surface area contributed by atoms with Crippen LogP contribution >= 0.6 is 23.7 Å². The molecule has 2 rings (SSSR count). The molecule has 92 valence electrons. The monoisotopic (exact) mass is 273 g/mol. The second-order valence-corrected chi connectivity index (χ2v) is 4.36. The predicted octanol–water partition coefficient (Wildman–Crippen LogP) is 3.37. The molecular weight excluding hydrogens is 261 g/mol. The Morgan fingerprint density at radius 1 is 1.35 bits per heavy atom. The Labute approximate surface area is 110 Å². The van der Waals surface area contributed by atoms with Gasteiger partial charge < -0.3 is 10.5 Å². The molecule has 0 aliphatic carbocycles. The molecule has 2 aromatic rings. The minimum Gasteiger partial charge on any atom is -0.496 e. The van der Waals surface area contributed by atoms with Gasteiger partial charge in [0.1, 0.15) is 11.6 Å². The second-order valence-electron chi connectivity index (χ2n) is 3.38. The highest BCUT2D eigenvalue weighted by molar-refractivity contribution is 7.10. The summed E-state index contributed by atoms with van der Waals surface area (Å²) in [7, 11) is 1.51. The summed E-state index contributed by atoms with van der Waals surface area (Å²) in [6.07, 6.45) is 0. The maximum Gasteiger partial charge on any atom is 0.126 e. The van der Waals surface area contributed by atoms with E-state index in [1.54, 1.807) is 17.4 Å². The van der Waals surface area contributed by atoms with Crippen LogP contribution < -0.4 is 10.5 Å². The molecule has 17 heavy (non-hydrogen) atoms. The van der Waals surface area contributed by atoms with Gasteiger partial charge in [0.25, 0.3) is 0 Å². The highest BCUT2D eigenvalue weighted by Crippen LogP contribution is 2.30. The normalized spacial score (nSPS) is 11.7. The van der Waals surface area contributed by atoms with E-state index in [2.05, 4.69) is 0 Å². The van der Waals surface area contributed by atoms with Gasteiger partial charge >= 0.3 is 0 Å². The molecule has 0 unspecified atom stereocenters. The van der Waals surface area contributed by atoms with Crippen molar-refractivity contribution < 1.29 is 9.13 Å². The maximum absolute atomic E-state index is 13.0. The first kappa shape index (κ1) is 14.0. The molecule has 0 amide bonds. The van der Waals surface area contributed by atoms with Gasteiger partial charge in [-0.15, -0.1) is 23.7 Å². The van der Waals surface area contributed by atoms with E-state index in [-0.39, 0.29) is 24.3 Å². The van der Waals surface area contributed by atoms with Crippen molar-refractivity contribution >= 4 is 23.7 Å². The Balaban J connectivity index is 0.00000144. The van der Waals surface area contributed by atoms with Crippen LogP contribution in [0.4, 0.5) is 4.39 Å². The molecule has 0 radical (unpaired) electrons. The highest BCUT2D eigenvalue weighted by Gasteiger charge is 2.15. The summed E-state index contributed by atoms with van der Waals surface area (Å²) in [4.78, 5) is 1.03. The van der Waals surface area contributed by atoms with Crippen LogP contribution in [0.1, 0.15) is 16.5 Å². The van der Waals surface area contributed by atoms with Crippen LogP contribution in [-0.4, -0.2) is 7.11 Å². The Bertz CT molecular complexity index is 475. The van der Waals surface area contributed by atoms with E-state index in [9.17, 15) is 4.39 Å². The minimum atomic E-state index is -0.320. The molecule has 0 saturated heterocycles. The Kier molecular flexibility index (Phi) is 4.93. The zero-order valence-electron chi connectivity index (χ0n) is 9.22. The molecule has 1 heterocycles. The van der Waals surface area contributed by atoms with E-state index in [4.69, 9.17) is 10.5 Å². The van der Waals surface area contributed by atoms with Crippen LogP contribution in [0.3, 0.4) is 0 Å². The number of hydrogen-bond donors (Lipinski definition) is 1. The van der Waals surface area contributed by atoms with Crippen LogP contribution in [0.2, 0.25) is 0 Å². The lowest BCUT2D eigenvalue weighted by atomic mass is 10.1. The molecule has 1 aromatic carbocycles. The van der Waals surface area contributed by atoms with Gasteiger partial charge in [-0.3, -0.25) is 0 Å². The molecule has 0 fully saturated rings. The molecule has 0 aliphatic heterocycles. The lowest BCUT2D eigenvalue weighted by Gasteiger charge is -2.14. The summed E-state index contributed by atoms with van der Waals surface area (Å²) in [5.41, 5.74) is 6.89. The summed E-state index contributed by atoms with van der Waals surface area (Å²) < 4.78 is 18.2. The van der Waals surface area contributed by atoms with Gasteiger partial charge in [0.15, 0.2) is 0 Å². The van der Waals surface area contributed by atoms with Crippen LogP contribution in [0.5, 0.6) is 5.75 Å². The van der Waals surface area contributed by atoms with E-state index in [1.807, 2.05) is 17.5 Å². The SMILES string of the molecule is COc1cc(F)ccc1[C@@H](N)c1cccs1.Cl. The Hall–Kier alpha value is -1.10. The molecule has 0 spiro atoms. The quantitative estimate of drug-likeness (QED) is 0.931. The first-order valence-electron chi connectivity index (χ1n) is 4.85. The standard InChI is InChI=1S/C12H12FNOS.ClH/c1-15-10-7-8(13)4-5-9(10)12(14)11-3-2-6-16-11;/h2-7,12H,14H2,1H3;1H/t12-;/m1./s1. The molecule has 2 N–H and O–H groups in total. The number of halogens is 2. The summed E-state index contributed by atoms with van der Waals surface area (Å²) in [6.45, 7) is 0. The lowest BCUT2D eigenvalue weighted by Crippen LogP contribution is -2.11. The van der Waals surface area contributed by atoms with E-state index < -0.39 is 0 Å². The number of ether oxygens (including phenoxy) is 1. The molecular formula is C12H13ClFNOS. The molecule has 0 bridgehead atoms. The average molecular weight is 274 g/mol. The zero-order chi connectivity index (χ0) is 11.5. The number of nitrogens with two attached hydrogens (primary N) is 1. The lowest BCUT2D eigenvalue weighted by molar-refractivity contribution is 0.404. The van der Waals surface area contributed by atoms with Crippen molar-refractivity contribution in [2.75, 3.05) is 7.11 Å². The number of thiophene rings is 1. The van der Waals surface area contributed by atoms with Gasteiger partial charge in [-0.2, -0.15) is 0 Å². The summed E-state index contributed by atoms with van der Waals surface area (Å²) in [5, 5.41) is 1.96. The van der Waals surface area contributed by atoms with Crippen molar-refractivity contribution in [1.82, 2.24) is 0 Å². The minimum absolute atomic E-state index is 0. The van der Waals surface area contributed by atoms with Crippen LogP contribution in [0, 0.1) is 5.82 Å². The summed E-state index contributed by atoms with van der Waals surface area (Å²) >= 11 is 1.57. The molecule has 1 aromatic heterocycles. The third-order valence-electron chi connectivity index (χ3n) is 2.38. The molecule has 0 saturated carbocycles. The van der Waals surface area contributed by atoms with Gasteiger partial charge in [-0.05, 0) is 17.5 Å². The van der Waals surface area contributed by atoms with Crippen molar-refractivity contribution in [3.05, 3.63) is 52.0 Å². The van der Waals surface area contributed by atoms with E-state index in [1.165, 1.54) is 19.2 Å². The number of methoxy groups -OCH3 is 1. The fraction of sp³-hybridized carbons (Fsp3) is 0.167. The smallest absolute Gasteiger partial charge is 0.126 e. The highest BCUT2D eigenvalue weighted by atomic mass is 35.5. The van der Waals surface area contributed by atoms with Crippen molar-refractivity contribution in [1.29, 1.82) is 0 Å². The molecule has 2 nitrogen and oxygen atoms in total. The van der Waals surface area contributed by atoms with Gasteiger partial charge in [0.2, 0.25) is 0 Å². The largest absolute Gasteiger partial charge is 0.496 e. The molecule has 1 atom stereocenters. The second kappa shape index (κ2) is 6.00. The fourth-order valence-electron chi connectivity index (χ4n) is 1.56. The van der Waals surface area contributed by atoms with E-state index in [0.29, 0.717) is 5.75 Å². The van der Waals surface area contributed by atoms with Gasteiger partial charge in [-0.1, -0.05) is 12.1 Å². The van der Waals surface area contributed by atoms with Crippen molar-refractivity contribution in [2.45, 2.75) is 6.04 Å². The summed E-state index contributed by atoms with van der Waals surface area (Å²) in [6, 6.07) is 8.04. The Morgan fingerprint density at radius 2 is 2.12 bits per heavy atom. The first-order chi connectivity index (χ1) is 7.72. The van der Waals surface area contributed by atoms with Crippen molar-refractivity contribution in [3.63, 3.8) is 0 Å². The average Bonchev–Trinajstić information content (AvgIpc) is 2.81. The topological polar surface area (TPSA) is 35.2 Å². The van der Waals surface area contributed by atoms with Crippen molar-refractivity contribution in [2.24, 2.45) is 5.73 Å². The molecule has 5 heteroatoms. The van der Waals surface area contributed by atoms with Crippen LogP contribution in [0.25, 0.3) is 0 Å². The number of benzene rings is 1. The Morgan fingerprint density at radius 3 is 2.71 bits per heavy atom. The van der Waals surface area contributed by atoms with Crippen LogP contribution in [-0.2, 0) is 0 Å². The fourth-order valence-corrected chi connectivity index (χ4v) is 2.31. The molecule has 0 aliphatic rings. The van der Waals surface area contributed by atoms with E-state index >= 15 is 0 Å². The predicted molar refractivity (Wildman–Crippen MR) is 70.5 cm³/mol. The number of hydrogen-bond acceptors (Lipinski definition) is 3. The third kappa shape index (κ3) is 2.97. The van der Waals surface area contributed by atoms with Gasteiger partial charge in [0.05, 0.1) is 13.2 Å². The number of rotatable bonds is 3. The maximum atomic E-state index is 13.0. The van der Waals surface area contributed by atoms with Crippen molar-refractivity contribution in [3.8, 4) is 5.75 Å². The summed E-state index contributed by atoms with van der Waals surface area (Å²) in [5.74, 6) is 0.167. The van der Waals surface area contributed by atoms with Gasteiger partial charge in [0, 0.05) is 16.5 Å². The van der Waals surface area contributed by atoms with Crippen LogP contribution in [0.15, 0.2) is 35.7 Å². The third-order valence-corrected chi connectivity index (χ3v) is 3.34. The zero-order valence-corrected chi connectivity index (χ0v) is 10.9. The first-order valence-corrected chi connectivity index (χ1v) is 5.72.